The van der Waals surface area contributed by atoms with Crippen LogP contribution in [0.5, 0.6) is 0 Å². The van der Waals surface area contributed by atoms with Crippen molar-refractivity contribution in [1.82, 2.24) is 0 Å². The van der Waals surface area contributed by atoms with Crippen molar-refractivity contribution in [1.29, 1.82) is 0 Å². The van der Waals surface area contributed by atoms with Gasteiger partial charge in [-0.25, -0.2) is 0 Å². The van der Waals surface area contributed by atoms with Gasteiger partial charge in [0.15, 0.2) is 0 Å². The lowest BCUT2D eigenvalue weighted by Crippen LogP contribution is -2.49. The number of rotatable bonds is 3. The predicted molar refractivity (Wildman–Crippen MR) is 42.6 cm³/mol. The van der Waals surface area contributed by atoms with Crippen LogP contribution in [0.4, 0.5) is 0 Å². The van der Waals surface area contributed by atoms with E-state index in [4.69, 9.17) is 16.6 Å². The molecule has 10 heavy (non-hydrogen) atoms. The first kappa shape index (κ1) is 9.88. The minimum Gasteiger partial charge on any atom is -0.394 e. The van der Waals surface area contributed by atoms with Crippen LogP contribution in [0.1, 0.15) is 27.2 Å². The molecule has 0 saturated heterocycles. The van der Waals surface area contributed by atoms with E-state index < -0.39 is 5.54 Å². The van der Waals surface area contributed by atoms with Crippen LogP contribution in [0.15, 0.2) is 0 Å². The van der Waals surface area contributed by atoms with Crippen LogP contribution in [-0.2, 0) is 0 Å². The minimum absolute atomic E-state index is 0.0202. The van der Waals surface area contributed by atoms with Gasteiger partial charge in [0, 0.05) is 11.1 Å². The van der Waals surface area contributed by atoms with Gasteiger partial charge >= 0.3 is 0 Å². The number of nitrogens with two attached hydrogens (primary N) is 2. The molecule has 0 heterocycles. The quantitative estimate of drug-likeness (QED) is 0.517. The SMILES string of the molecule is CC(C)(N)CC(C)(N)CO. The van der Waals surface area contributed by atoms with E-state index in [-0.39, 0.29) is 12.1 Å². The van der Waals surface area contributed by atoms with Crippen molar-refractivity contribution in [3.63, 3.8) is 0 Å². The molecule has 0 aliphatic rings. The molecule has 62 valence electrons. The molecule has 0 aromatic carbocycles. The predicted octanol–water partition coefficient (Wildman–Crippen LogP) is -0.176. The molecule has 0 bridgehead atoms. The Morgan fingerprint density at radius 1 is 1.20 bits per heavy atom. The van der Waals surface area contributed by atoms with E-state index in [2.05, 4.69) is 0 Å². The molecule has 1 atom stereocenters. The molecular weight excluding hydrogens is 128 g/mol. The molecule has 0 aromatic heterocycles. The lowest BCUT2D eigenvalue weighted by atomic mass is 9.88. The first-order valence-electron chi connectivity index (χ1n) is 3.45. The number of hydrogen-bond donors (Lipinski definition) is 3. The van der Waals surface area contributed by atoms with Crippen molar-refractivity contribution >= 4 is 0 Å². The van der Waals surface area contributed by atoms with E-state index in [1.807, 2.05) is 13.8 Å². The van der Waals surface area contributed by atoms with Gasteiger partial charge in [-0.2, -0.15) is 0 Å². The Bertz CT molecular complexity index is 105. The van der Waals surface area contributed by atoms with Gasteiger partial charge in [-0.15, -0.1) is 0 Å². The third-order valence-corrected chi connectivity index (χ3v) is 1.22. The maximum absolute atomic E-state index is 8.78. The molecule has 5 N–H and O–H groups in total. The summed E-state index contributed by atoms with van der Waals surface area (Å²) in [7, 11) is 0. The molecule has 0 aliphatic carbocycles. The van der Waals surface area contributed by atoms with Gasteiger partial charge in [-0.05, 0) is 27.2 Å². The van der Waals surface area contributed by atoms with Gasteiger partial charge in [0.1, 0.15) is 0 Å². The Kier molecular flexibility index (Phi) is 2.83. The van der Waals surface area contributed by atoms with Gasteiger partial charge in [-0.1, -0.05) is 0 Å². The molecule has 0 amide bonds. The maximum Gasteiger partial charge on any atom is 0.0609 e. The minimum atomic E-state index is -0.543. The first-order valence-corrected chi connectivity index (χ1v) is 3.45. The van der Waals surface area contributed by atoms with Crippen LogP contribution in [0.2, 0.25) is 0 Å². The van der Waals surface area contributed by atoms with E-state index in [0.717, 1.165) is 0 Å². The highest BCUT2D eigenvalue weighted by Crippen LogP contribution is 2.14. The summed E-state index contributed by atoms with van der Waals surface area (Å²) >= 11 is 0. The van der Waals surface area contributed by atoms with Crippen molar-refractivity contribution in [2.45, 2.75) is 38.3 Å². The van der Waals surface area contributed by atoms with Gasteiger partial charge < -0.3 is 16.6 Å². The smallest absolute Gasteiger partial charge is 0.0609 e. The molecule has 1 unspecified atom stereocenters. The molecular formula is C7H18N2O. The summed E-state index contributed by atoms with van der Waals surface area (Å²) in [5.74, 6) is 0. The van der Waals surface area contributed by atoms with Gasteiger partial charge in [0.25, 0.3) is 0 Å². The highest BCUT2D eigenvalue weighted by molar-refractivity contribution is 4.87. The van der Waals surface area contributed by atoms with Crippen molar-refractivity contribution in [2.24, 2.45) is 11.5 Å². The second-order valence-corrected chi connectivity index (χ2v) is 3.98. The highest BCUT2D eigenvalue weighted by atomic mass is 16.3. The molecule has 3 nitrogen and oxygen atoms in total. The molecule has 0 fully saturated rings. The Balaban J connectivity index is 3.89. The molecule has 0 rings (SSSR count). The normalized spacial score (nSPS) is 18.6. The zero-order valence-electron chi connectivity index (χ0n) is 7.02. The fourth-order valence-corrected chi connectivity index (χ4v) is 1.10. The first-order chi connectivity index (χ1) is 4.27. The second kappa shape index (κ2) is 2.86. The van der Waals surface area contributed by atoms with Crippen LogP contribution >= 0.6 is 0 Å². The average Bonchev–Trinajstić information content (AvgIpc) is 1.60. The van der Waals surface area contributed by atoms with E-state index in [1.54, 1.807) is 6.92 Å². The Morgan fingerprint density at radius 2 is 1.60 bits per heavy atom. The molecule has 0 spiro atoms. The standard InChI is InChI=1S/C7H18N2O/c1-6(2,8)4-7(3,9)5-10/h10H,4-5,8-9H2,1-3H3. The zero-order valence-corrected chi connectivity index (χ0v) is 7.02. The van der Waals surface area contributed by atoms with E-state index in [1.165, 1.54) is 0 Å². The number of aliphatic hydroxyl groups excluding tert-OH is 1. The Hall–Kier alpha value is -0.120. The highest BCUT2D eigenvalue weighted by Gasteiger charge is 2.25. The zero-order chi connectivity index (χ0) is 8.41. The Morgan fingerprint density at radius 3 is 1.70 bits per heavy atom. The Labute approximate surface area is 62.4 Å². The molecule has 0 saturated carbocycles. The molecule has 0 aliphatic heterocycles. The van der Waals surface area contributed by atoms with Crippen LogP contribution in [0.25, 0.3) is 0 Å². The lowest BCUT2D eigenvalue weighted by molar-refractivity contribution is 0.179. The van der Waals surface area contributed by atoms with Crippen molar-refractivity contribution < 1.29 is 5.11 Å². The fraction of sp³-hybridized carbons (Fsp3) is 1.00. The third-order valence-electron chi connectivity index (χ3n) is 1.22. The van der Waals surface area contributed by atoms with Gasteiger partial charge in [0.05, 0.1) is 6.61 Å². The molecule has 3 heteroatoms. The second-order valence-electron chi connectivity index (χ2n) is 3.98. The molecule has 0 radical (unpaired) electrons. The monoisotopic (exact) mass is 146 g/mol. The summed E-state index contributed by atoms with van der Waals surface area (Å²) in [6.45, 7) is 5.57. The van der Waals surface area contributed by atoms with Crippen LogP contribution in [0, 0.1) is 0 Å². The summed E-state index contributed by atoms with van der Waals surface area (Å²) < 4.78 is 0. The topological polar surface area (TPSA) is 72.3 Å². The third kappa shape index (κ3) is 4.73. The van der Waals surface area contributed by atoms with Crippen molar-refractivity contribution in [3.8, 4) is 0 Å². The fourth-order valence-electron chi connectivity index (χ4n) is 1.10. The van der Waals surface area contributed by atoms with Crippen LogP contribution in [0.3, 0.4) is 0 Å². The summed E-state index contributed by atoms with van der Waals surface area (Å²) in [4.78, 5) is 0. The van der Waals surface area contributed by atoms with Gasteiger partial charge in [-0.3, -0.25) is 0 Å². The van der Waals surface area contributed by atoms with Crippen molar-refractivity contribution in [2.75, 3.05) is 6.61 Å². The summed E-state index contributed by atoms with van der Waals surface area (Å²) in [5.41, 5.74) is 10.5. The summed E-state index contributed by atoms with van der Waals surface area (Å²) in [5, 5.41) is 8.78. The summed E-state index contributed by atoms with van der Waals surface area (Å²) in [6, 6.07) is 0. The largest absolute Gasteiger partial charge is 0.394 e. The maximum atomic E-state index is 8.78. The van der Waals surface area contributed by atoms with E-state index in [9.17, 15) is 0 Å². The molecule has 0 aromatic rings. The van der Waals surface area contributed by atoms with Gasteiger partial charge in [0.2, 0.25) is 0 Å². The summed E-state index contributed by atoms with van der Waals surface area (Å²) in [6.07, 6.45) is 0.622. The van der Waals surface area contributed by atoms with E-state index >= 15 is 0 Å². The lowest BCUT2D eigenvalue weighted by Gasteiger charge is -2.30. The van der Waals surface area contributed by atoms with Crippen LogP contribution < -0.4 is 11.5 Å². The van der Waals surface area contributed by atoms with E-state index in [0.29, 0.717) is 6.42 Å². The number of aliphatic hydroxyl groups is 1. The van der Waals surface area contributed by atoms with Crippen molar-refractivity contribution in [3.05, 3.63) is 0 Å². The van der Waals surface area contributed by atoms with Crippen LogP contribution in [-0.4, -0.2) is 22.8 Å². The average molecular weight is 146 g/mol. The number of hydrogen-bond acceptors (Lipinski definition) is 3.